The normalized spacial score (nSPS) is 10.4. The van der Waals surface area contributed by atoms with Gasteiger partial charge < -0.3 is 19.5 Å². The van der Waals surface area contributed by atoms with Crippen LogP contribution in [0.1, 0.15) is 6.92 Å². The van der Waals surface area contributed by atoms with E-state index in [1.807, 2.05) is 0 Å². The summed E-state index contributed by atoms with van der Waals surface area (Å²) < 4.78 is 42.7. The second-order valence-electron chi connectivity index (χ2n) is 5.69. The molecule has 2 rings (SSSR count). The molecule has 8 nitrogen and oxygen atoms in total. The Labute approximate surface area is 170 Å². The number of benzene rings is 2. The van der Waals surface area contributed by atoms with Gasteiger partial charge in [0.1, 0.15) is 12.4 Å². The van der Waals surface area contributed by atoms with E-state index in [1.165, 1.54) is 39.3 Å². The van der Waals surface area contributed by atoms with Gasteiger partial charge in [0.05, 0.1) is 25.7 Å². The van der Waals surface area contributed by atoms with Gasteiger partial charge in [0, 0.05) is 24.7 Å². The predicted molar refractivity (Wildman–Crippen MR) is 109 cm³/mol. The monoisotopic (exact) mass is 418 g/mol. The highest BCUT2D eigenvalue weighted by Crippen LogP contribution is 2.29. The minimum Gasteiger partial charge on any atom is -0.493 e. The van der Waals surface area contributed by atoms with Crippen LogP contribution in [0.25, 0.3) is 0 Å². The summed E-state index contributed by atoms with van der Waals surface area (Å²) in [5, 5.41) is 2.65. The average Bonchev–Trinajstić information content (AvgIpc) is 2.69. The van der Waals surface area contributed by atoms with E-state index < -0.39 is 10.0 Å². The lowest BCUT2D eigenvalue weighted by molar-refractivity contribution is -0.114. The van der Waals surface area contributed by atoms with Crippen molar-refractivity contribution in [1.82, 2.24) is 4.72 Å². The zero-order chi connectivity index (χ0) is 21.3. The second-order valence-corrected chi connectivity index (χ2v) is 7.46. The summed E-state index contributed by atoms with van der Waals surface area (Å²) in [6, 6.07) is 11.2. The van der Waals surface area contributed by atoms with Gasteiger partial charge in [-0.05, 0) is 24.3 Å². The summed E-state index contributed by atoms with van der Waals surface area (Å²) in [7, 11) is -0.844. The predicted octanol–water partition coefficient (Wildman–Crippen LogP) is 2.02. The lowest BCUT2D eigenvalue weighted by Gasteiger charge is -2.10. The maximum atomic E-state index is 12.3. The summed E-state index contributed by atoms with van der Waals surface area (Å²) in [6.07, 6.45) is 0. The number of amides is 1. The molecule has 0 bridgehead atoms. The van der Waals surface area contributed by atoms with Crippen LogP contribution in [0.15, 0.2) is 47.4 Å². The third-order valence-corrected chi connectivity index (χ3v) is 5.01. The molecule has 154 valence electrons. The first-order chi connectivity index (χ1) is 13.9. The fourth-order valence-electron chi connectivity index (χ4n) is 2.30. The van der Waals surface area contributed by atoms with E-state index in [0.717, 1.165) is 0 Å². The summed E-state index contributed by atoms with van der Waals surface area (Å²) in [4.78, 5) is 11.1. The molecule has 0 spiro atoms. The molecular formula is C20H22N2O6S. The van der Waals surface area contributed by atoms with E-state index in [1.54, 1.807) is 24.3 Å². The molecule has 0 saturated carbocycles. The first-order valence-corrected chi connectivity index (χ1v) is 10.0. The Morgan fingerprint density at radius 1 is 1.03 bits per heavy atom. The molecule has 0 atom stereocenters. The number of nitrogens with one attached hydrogen (secondary N) is 2. The molecule has 0 unspecified atom stereocenters. The Kier molecular flexibility index (Phi) is 7.88. The summed E-state index contributed by atoms with van der Waals surface area (Å²) >= 11 is 0. The van der Waals surface area contributed by atoms with E-state index >= 15 is 0 Å². The van der Waals surface area contributed by atoms with Crippen molar-refractivity contribution in [3.8, 4) is 29.1 Å². The molecule has 2 aromatic carbocycles. The molecule has 1 amide bonds. The topological polar surface area (TPSA) is 103 Å². The lowest BCUT2D eigenvalue weighted by atomic mass is 10.3. The zero-order valence-electron chi connectivity index (χ0n) is 16.3. The molecule has 0 saturated heterocycles. The highest BCUT2D eigenvalue weighted by molar-refractivity contribution is 7.89. The van der Waals surface area contributed by atoms with Gasteiger partial charge in [0.15, 0.2) is 11.5 Å². The maximum absolute atomic E-state index is 12.3. The first-order valence-electron chi connectivity index (χ1n) is 8.53. The van der Waals surface area contributed by atoms with Crippen LogP contribution in [0.4, 0.5) is 5.69 Å². The summed E-state index contributed by atoms with van der Waals surface area (Å²) in [5.74, 6) is 6.53. The molecule has 0 aliphatic heterocycles. The van der Waals surface area contributed by atoms with Crippen LogP contribution in [0.5, 0.6) is 17.2 Å². The number of carbonyl (C=O) groups excluding carboxylic acids is 1. The molecular weight excluding hydrogens is 396 g/mol. The minimum absolute atomic E-state index is 0.0444. The Morgan fingerprint density at radius 2 is 1.79 bits per heavy atom. The van der Waals surface area contributed by atoms with E-state index in [4.69, 9.17) is 14.2 Å². The summed E-state index contributed by atoms with van der Waals surface area (Å²) in [5.41, 5.74) is 0.616. The fourth-order valence-corrected chi connectivity index (χ4v) is 3.24. The second kappa shape index (κ2) is 10.4. The number of anilines is 1. The van der Waals surface area contributed by atoms with Crippen LogP contribution in [-0.2, 0) is 14.8 Å². The maximum Gasteiger partial charge on any atom is 0.241 e. The molecule has 0 fully saturated rings. The van der Waals surface area contributed by atoms with Crippen molar-refractivity contribution in [1.29, 1.82) is 0 Å². The van der Waals surface area contributed by atoms with Gasteiger partial charge >= 0.3 is 0 Å². The highest BCUT2D eigenvalue weighted by atomic mass is 32.2. The van der Waals surface area contributed by atoms with Gasteiger partial charge in [-0.15, -0.1) is 0 Å². The molecule has 2 N–H and O–H groups in total. The van der Waals surface area contributed by atoms with Crippen molar-refractivity contribution in [2.45, 2.75) is 11.8 Å². The number of hydrogen-bond donors (Lipinski definition) is 2. The molecule has 9 heteroatoms. The fraction of sp³-hybridized carbons (Fsp3) is 0.250. The van der Waals surface area contributed by atoms with Crippen LogP contribution in [0, 0.1) is 11.8 Å². The number of hydrogen-bond acceptors (Lipinski definition) is 6. The molecule has 0 aromatic heterocycles. The molecule has 29 heavy (non-hydrogen) atoms. The lowest BCUT2D eigenvalue weighted by Crippen LogP contribution is -2.24. The van der Waals surface area contributed by atoms with E-state index in [-0.39, 0.29) is 24.0 Å². The van der Waals surface area contributed by atoms with Crippen LogP contribution in [-0.4, -0.2) is 41.7 Å². The van der Waals surface area contributed by atoms with Crippen molar-refractivity contribution >= 4 is 21.6 Å². The van der Waals surface area contributed by atoms with Gasteiger partial charge in [-0.1, -0.05) is 17.9 Å². The molecule has 0 radical (unpaired) electrons. The van der Waals surface area contributed by atoms with Gasteiger partial charge in [-0.3, -0.25) is 4.79 Å². The van der Waals surface area contributed by atoms with Crippen molar-refractivity contribution in [3.05, 3.63) is 42.5 Å². The zero-order valence-corrected chi connectivity index (χ0v) is 17.1. The Bertz CT molecular complexity index is 1020. The minimum atomic E-state index is -3.74. The van der Waals surface area contributed by atoms with Crippen molar-refractivity contribution in [2.24, 2.45) is 0 Å². The smallest absolute Gasteiger partial charge is 0.241 e. The van der Waals surface area contributed by atoms with E-state index in [2.05, 4.69) is 21.9 Å². The third-order valence-electron chi connectivity index (χ3n) is 3.61. The van der Waals surface area contributed by atoms with Crippen LogP contribution in [0.2, 0.25) is 0 Å². The third kappa shape index (κ3) is 6.71. The van der Waals surface area contributed by atoms with E-state index in [9.17, 15) is 13.2 Å². The summed E-state index contributed by atoms with van der Waals surface area (Å²) in [6.45, 7) is 1.41. The standard InChI is InChI=1S/C20H22N2O6S/c1-15(23)22-16-7-6-8-17(13-16)28-12-5-4-11-21-29(24,25)18-9-10-19(26-2)20(14-18)27-3/h6-10,13-14,21H,11-12H2,1-3H3,(H,22,23). The van der Waals surface area contributed by atoms with Gasteiger partial charge in [0.25, 0.3) is 0 Å². The average molecular weight is 418 g/mol. The van der Waals surface area contributed by atoms with Crippen LogP contribution >= 0.6 is 0 Å². The van der Waals surface area contributed by atoms with Gasteiger partial charge in [-0.2, -0.15) is 4.72 Å². The van der Waals surface area contributed by atoms with Crippen LogP contribution in [0.3, 0.4) is 0 Å². The SMILES string of the molecule is COc1ccc(S(=O)(=O)NCC#CCOc2cccc(NC(C)=O)c2)cc1OC. The van der Waals surface area contributed by atoms with Gasteiger partial charge in [0.2, 0.25) is 15.9 Å². The number of carbonyl (C=O) groups is 1. The van der Waals surface area contributed by atoms with Crippen LogP contribution < -0.4 is 24.2 Å². The number of sulfonamides is 1. The van der Waals surface area contributed by atoms with Gasteiger partial charge in [-0.25, -0.2) is 8.42 Å². The number of rotatable bonds is 8. The Morgan fingerprint density at radius 3 is 2.48 bits per heavy atom. The van der Waals surface area contributed by atoms with Crippen molar-refractivity contribution < 1.29 is 27.4 Å². The van der Waals surface area contributed by atoms with Crippen molar-refractivity contribution in [3.63, 3.8) is 0 Å². The van der Waals surface area contributed by atoms with Crippen molar-refractivity contribution in [2.75, 3.05) is 32.7 Å². The Hall–Kier alpha value is -3.22. The largest absolute Gasteiger partial charge is 0.493 e. The molecule has 2 aromatic rings. The molecule has 0 aliphatic rings. The highest BCUT2D eigenvalue weighted by Gasteiger charge is 2.16. The first kappa shape index (κ1) is 22.1. The molecule has 0 aliphatic carbocycles. The quantitative estimate of drug-likeness (QED) is 0.636. The molecule has 0 heterocycles. The van der Waals surface area contributed by atoms with E-state index in [0.29, 0.717) is 22.9 Å². The number of ether oxygens (including phenoxy) is 3. The number of methoxy groups -OCH3 is 2. The Balaban J connectivity index is 1.89.